The largest absolute Gasteiger partial charge is 0.383 e. The first-order chi connectivity index (χ1) is 12.3. The lowest BCUT2D eigenvalue weighted by atomic mass is 10.3. The van der Waals surface area contributed by atoms with Gasteiger partial charge in [-0.25, -0.2) is 22.6 Å². The Morgan fingerprint density at radius 3 is 2.69 bits per heavy atom. The van der Waals surface area contributed by atoms with E-state index in [1.807, 2.05) is 0 Å². The molecule has 0 radical (unpaired) electrons. The number of benzene rings is 1. The molecule has 0 aliphatic heterocycles. The molecule has 144 valence electrons. The van der Waals surface area contributed by atoms with Gasteiger partial charge < -0.3 is 15.4 Å². The molecule has 0 atom stereocenters. The average Bonchev–Trinajstić information content (AvgIpc) is 2.96. The third-order valence-corrected chi connectivity index (χ3v) is 5.04. The van der Waals surface area contributed by atoms with E-state index >= 15 is 0 Å². The minimum atomic E-state index is -3.58. The minimum Gasteiger partial charge on any atom is -0.383 e. The lowest BCUT2D eigenvalue weighted by Gasteiger charge is -2.09. The summed E-state index contributed by atoms with van der Waals surface area (Å²) < 4.78 is 33.4. The van der Waals surface area contributed by atoms with Crippen LogP contribution in [-0.4, -0.2) is 62.3 Å². The Balaban J connectivity index is 2.00. The highest BCUT2D eigenvalue weighted by atomic mass is 32.2. The summed E-state index contributed by atoms with van der Waals surface area (Å²) in [5, 5.41) is 13.4. The zero-order valence-electron chi connectivity index (χ0n) is 15.0. The predicted octanol–water partition coefficient (Wildman–Crippen LogP) is 0.0636. The highest BCUT2D eigenvalue weighted by Crippen LogP contribution is 2.17. The molecule has 2 aromatic rings. The van der Waals surface area contributed by atoms with E-state index in [9.17, 15) is 13.2 Å². The molecule has 0 saturated carbocycles. The van der Waals surface area contributed by atoms with E-state index in [1.54, 1.807) is 31.7 Å². The highest BCUT2D eigenvalue weighted by Gasteiger charge is 2.17. The second-order valence-corrected chi connectivity index (χ2v) is 7.63. The number of nitrogens with one attached hydrogen (secondary N) is 3. The van der Waals surface area contributed by atoms with Crippen LogP contribution in [0.4, 0.5) is 4.79 Å². The Morgan fingerprint density at radius 2 is 2.00 bits per heavy atom. The summed E-state index contributed by atoms with van der Waals surface area (Å²) in [4.78, 5) is 11.7. The Morgan fingerprint density at radius 1 is 1.27 bits per heavy atom. The fourth-order valence-corrected chi connectivity index (χ4v) is 3.54. The molecule has 0 bridgehead atoms. The van der Waals surface area contributed by atoms with Crippen molar-refractivity contribution >= 4 is 27.1 Å². The molecule has 0 unspecified atom stereocenters. The Kier molecular flexibility index (Phi) is 6.89. The van der Waals surface area contributed by atoms with Crippen LogP contribution in [0, 0.1) is 0 Å². The number of hydrogen-bond acceptors (Lipinski definition) is 6. The number of carbonyl (C=O) groups excluding carboxylic acids is 1. The summed E-state index contributed by atoms with van der Waals surface area (Å²) in [5.74, 6) is 0. The van der Waals surface area contributed by atoms with E-state index in [0.717, 1.165) is 0 Å². The van der Waals surface area contributed by atoms with Crippen molar-refractivity contribution in [3.8, 4) is 0 Å². The summed E-state index contributed by atoms with van der Waals surface area (Å²) in [6.07, 6.45) is 0. The number of aromatic nitrogens is 3. The molecule has 3 N–H and O–H groups in total. The number of methoxy groups -OCH3 is 1. The maximum absolute atomic E-state index is 12.2. The van der Waals surface area contributed by atoms with Crippen molar-refractivity contribution in [2.24, 2.45) is 0 Å². The van der Waals surface area contributed by atoms with Crippen LogP contribution < -0.4 is 15.4 Å². The van der Waals surface area contributed by atoms with Crippen molar-refractivity contribution in [2.75, 3.05) is 26.8 Å². The molecule has 0 saturated heterocycles. The third-order valence-electron chi connectivity index (χ3n) is 3.39. The van der Waals surface area contributed by atoms with Crippen molar-refractivity contribution in [2.45, 2.75) is 31.3 Å². The summed E-state index contributed by atoms with van der Waals surface area (Å²) in [7, 11) is -2.02. The second-order valence-electron chi connectivity index (χ2n) is 5.91. The Hall–Kier alpha value is -2.24. The van der Waals surface area contributed by atoms with Crippen molar-refractivity contribution in [3.63, 3.8) is 0 Å². The number of hydrogen-bond donors (Lipinski definition) is 3. The molecule has 2 rings (SSSR count). The molecule has 0 spiro atoms. The first-order valence-corrected chi connectivity index (χ1v) is 9.68. The van der Waals surface area contributed by atoms with Crippen LogP contribution in [-0.2, 0) is 21.3 Å². The van der Waals surface area contributed by atoms with E-state index < -0.39 is 10.0 Å². The molecule has 1 aromatic carbocycles. The van der Waals surface area contributed by atoms with Crippen LogP contribution >= 0.6 is 0 Å². The SMILES string of the molecule is COCCNC(=O)NCCn1nnc2cc(S(=O)(=O)NC(C)C)ccc21. The van der Waals surface area contributed by atoms with Crippen molar-refractivity contribution in [1.82, 2.24) is 30.3 Å². The molecular formula is C15H24N6O4S. The molecule has 0 aliphatic carbocycles. The van der Waals surface area contributed by atoms with Gasteiger partial charge in [0.15, 0.2) is 0 Å². The summed E-state index contributed by atoms with van der Waals surface area (Å²) in [5.41, 5.74) is 1.16. The fraction of sp³-hybridized carbons (Fsp3) is 0.533. The van der Waals surface area contributed by atoms with Gasteiger partial charge in [0, 0.05) is 26.2 Å². The molecule has 11 heteroatoms. The Bertz CT molecular complexity index is 849. The predicted molar refractivity (Wildman–Crippen MR) is 96.3 cm³/mol. The monoisotopic (exact) mass is 384 g/mol. The molecule has 0 fully saturated rings. The smallest absolute Gasteiger partial charge is 0.314 e. The fourth-order valence-electron chi connectivity index (χ4n) is 2.27. The van der Waals surface area contributed by atoms with Gasteiger partial charge in [0.05, 0.1) is 23.6 Å². The number of sulfonamides is 1. The van der Waals surface area contributed by atoms with Crippen LogP contribution in [0.15, 0.2) is 23.1 Å². The van der Waals surface area contributed by atoms with Crippen molar-refractivity contribution in [3.05, 3.63) is 18.2 Å². The minimum absolute atomic E-state index is 0.140. The lowest BCUT2D eigenvalue weighted by Crippen LogP contribution is -2.38. The van der Waals surface area contributed by atoms with Crippen LogP contribution in [0.5, 0.6) is 0 Å². The van der Waals surface area contributed by atoms with E-state index in [0.29, 0.717) is 37.3 Å². The molecule has 26 heavy (non-hydrogen) atoms. The average molecular weight is 384 g/mol. The number of rotatable bonds is 9. The molecule has 2 amide bonds. The molecule has 0 aliphatic rings. The number of fused-ring (bicyclic) bond motifs is 1. The Labute approximate surface area is 152 Å². The van der Waals surface area contributed by atoms with Crippen LogP contribution in [0.2, 0.25) is 0 Å². The maximum atomic E-state index is 12.2. The van der Waals surface area contributed by atoms with Gasteiger partial charge in [0.2, 0.25) is 10.0 Å². The van der Waals surface area contributed by atoms with E-state index in [4.69, 9.17) is 4.74 Å². The maximum Gasteiger partial charge on any atom is 0.314 e. The van der Waals surface area contributed by atoms with Gasteiger partial charge in [-0.15, -0.1) is 5.10 Å². The number of amides is 2. The second kappa shape index (κ2) is 8.92. The number of carbonyl (C=O) groups is 1. The first-order valence-electron chi connectivity index (χ1n) is 8.19. The number of ether oxygens (including phenoxy) is 1. The van der Waals surface area contributed by atoms with Crippen LogP contribution in [0.3, 0.4) is 0 Å². The third kappa shape index (κ3) is 5.38. The zero-order chi connectivity index (χ0) is 19.2. The molecule has 10 nitrogen and oxygen atoms in total. The number of nitrogens with zero attached hydrogens (tertiary/aromatic N) is 3. The van der Waals surface area contributed by atoms with E-state index in [2.05, 4.69) is 25.7 Å². The van der Waals surface area contributed by atoms with Gasteiger partial charge in [-0.2, -0.15) is 0 Å². The zero-order valence-corrected chi connectivity index (χ0v) is 15.8. The summed E-state index contributed by atoms with van der Waals surface area (Å²) in [6, 6.07) is 4.15. The molecule has 1 aromatic heterocycles. The van der Waals surface area contributed by atoms with E-state index in [-0.39, 0.29) is 17.0 Å². The first kappa shape index (κ1) is 20.1. The molecular weight excluding hydrogens is 360 g/mol. The normalized spacial score (nSPS) is 11.8. The quantitative estimate of drug-likeness (QED) is 0.525. The van der Waals surface area contributed by atoms with Gasteiger partial charge in [-0.1, -0.05) is 5.21 Å². The summed E-state index contributed by atoms with van der Waals surface area (Å²) >= 11 is 0. The topological polar surface area (TPSA) is 127 Å². The van der Waals surface area contributed by atoms with Gasteiger partial charge in [0.1, 0.15) is 5.52 Å². The van der Waals surface area contributed by atoms with Crippen molar-refractivity contribution in [1.29, 1.82) is 0 Å². The lowest BCUT2D eigenvalue weighted by molar-refractivity contribution is 0.196. The highest BCUT2D eigenvalue weighted by molar-refractivity contribution is 7.89. The van der Waals surface area contributed by atoms with Gasteiger partial charge in [0.25, 0.3) is 0 Å². The van der Waals surface area contributed by atoms with Crippen LogP contribution in [0.1, 0.15) is 13.8 Å². The van der Waals surface area contributed by atoms with Gasteiger partial charge in [-0.3, -0.25) is 0 Å². The van der Waals surface area contributed by atoms with Gasteiger partial charge >= 0.3 is 6.03 Å². The number of urea groups is 1. The summed E-state index contributed by atoms with van der Waals surface area (Å²) in [6.45, 7) is 5.14. The van der Waals surface area contributed by atoms with Crippen molar-refractivity contribution < 1.29 is 17.9 Å². The van der Waals surface area contributed by atoms with Crippen LogP contribution in [0.25, 0.3) is 11.0 Å². The molecule has 1 heterocycles. The van der Waals surface area contributed by atoms with E-state index in [1.165, 1.54) is 12.1 Å². The standard InChI is InChI=1S/C15H24N6O4S/c1-11(2)19-26(23,24)12-4-5-14-13(10-12)18-20-21(14)8-6-16-15(22)17-7-9-25-3/h4-5,10-11,19H,6-9H2,1-3H3,(H2,16,17,22). The van der Waals surface area contributed by atoms with Gasteiger partial charge in [-0.05, 0) is 32.0 Å².